The maximum atomic E-state index is 13.5. The van der Waals surface area contributed by atoms with Crippen molar-refractivity contribution in [2.75, 3.05) is 11.9 Å². The van der Waals surface area contributed by atoms with E-state index in [0.717, 1.165) is 12.5 Å². The van der Waals surface area contributed by atoms with E-state index in [-0.39, 0.29) is 5.82 Å². The molecule has 17 heavy (non-hydrogen) atoms. The van der Waals surface area contributed by atoms with Crippen LogP contribution in [0.4, 0.5) is 10.2 Å². The van der Waals surface area contributed by atoms with Gasteiger partial charge in [0.2, 0.25) is 0 Å². The second-order valence-electron chi connectivity index (χ2n) is 4.99. The van der Waals surface area contributed by atoms with E-state index in [1.807, 2.05) is 0 Å². The summed E-state index contributed by atoms with van der Waals surface area (Å²) in [6, 6.07) is 1.44. The highest BCUT2D eigenvalue weighted by Gasteiger charge is 2.18. The molecule has 0 saturated heterocycles. The summed E-state index contributed by atoms with van der Waals surface area (Å²) in [4.78, 5) is 4.04. The van der Waals surface area contributed by atoms with Gasteiger partial charge in [-0.15, -0.1) is 0 Å². The first-order chi connectivity index (χ1) is 8.15. The maximum Gasteiger partial charge on any atom is 0.166 e. The molecule has 4 heteroatoms. The summed E-state index contributed by atoms with van der Waals surface area (Å²) in [6.45, 7) is 3.14. The smallest absolute Gasteiger partial charge is 0.166 e. The fourth-order valence-corrected chi connectivity index (χ4v) is 2.62. The van der Waals surface area contributed by atoms with Gasteiger partial charge in [0.15, 0.2) is 11.6 Å². The largest absolute Gasteiger partial charge is 0.367 e. The minimum Gasteiger partial charge on any atom is -0.367 e. The van der Waals surface area contributed by atoms with Crippen LogP contribution in [0.5, 0.6) is 0 Å². The van der Waals surface area contributed by atoms with Crippen molar-refractivity contribution in [1.29, 1.82) is 0 Å². The zero-order valence-corrected chi connectivity index (χ0v) is 11.6. The van der Waals surface area contributed by atoms with Gasteiger partial charge < -0.3 is 5.32 Å². The normalized spacial score (nSPS) is 24.6. The number of anilines is 1. The van der Waals surface area contributed by atoms with Gasteiger partial charge in [0.05, 0.1) is 0 Å². The topological polar surface area (TPSA) is 24.9 Å². The fourth-order valence-electron chi connectivity index (χ4n) is 2.32. The standard InChI is InChI=1S/C13H18BrFN2/c1-9-2-4-10(5-3-9)7-16-13-12(15)6-11(14)8-17-13/h6,8-10H,2-5,7H2,1H3,(H,16,17). The van der Waals surface area contributed by atoms with Crippen LogP contribution in [0.2, 0.25) is 0 Å². The molecule has 0 aromatic carbocycles. The van der Waals surface area contributed by atoms with Crippen LogP contribution in [0.3, 0.4) is 0 Å². The van der Waals surface area contributed by atoms with Crippen LogP contribution in [0.25, 0.3) is 0 Å². The van der Waals surface area contributed by atoms with Crippen molar-refractivity contribution in [3.63, 3.8) is 0 Å². The summed E-state index contributed by atoms with van der Waals surface area (Å²) < 4.78 is 14.2. The van der Waals surface area contributed by atoms with Gasteiger partial charge in [-0.1, -0.05) is 19.8 Å². The molecule has 0 unspecified atom stereocenters. The van der Waals surface area contributed by atoms with Gasteiger partial charge >= 0.3 is 0 Å². The van der Waals surface area contributed by atoms with E-state index in [0.29, 0.717) is 16.2 Å². The van der Waals surface area contributed by atoms with Crippen LogP contribution in [0, 0.1) is 17.7 Å². The molecule has 0 radical (unpaired) electrons. The van der Waals surface area contributed by atoms with Gasteiger partial charge in [0.1, 0.15) is 0 Å². The lowest BCUT2D eigenvalue weighted by molar-refractivity contribution is 0.300. The van der Waals surface area contributed by atoms with E-state index < -0.39 is 0 Å². The Bertz CT molecular complexity index is 376. The van der Waals surface area contributed by atoms with E-state index in [1.165, 1.54) is 31.7 Å². The summed E-state index contributed by atoms with van der Waals surface area (Å²) in [5, 5.41) is 3.12. The Balaban J connectivity index is 1.85. The molecule has 1 fully saturated rings. The van der Waals surface area contributed by atoms with Crippen LogP contribution < -0.4 is 5.32 Å². The second-order valence-corrected chi connectivity index (χ2v) is 5.91. The Labute approximate surface area is 110 Å². The SMILES string of the molecule is CC1CCC(CNc2ncc(Br)cc2F)CC1. The molecule has 1 heterocycles. The highest BCUT2D eigenvalue weighted by atomic mass is 79.9. The average molecular weight is 301 g/mol. The summed E-state index contributed by atoms with van der Waals surface area (Å²) >= 11 is 3.20. The Morgan fingerprint density at radius 2 is 2.12 bits per heavy atom. The summed E-state index contributed by atoms with van der Waals surface area (Å²) in [5.41, 5.74) is 0. The van der Waals surface area contributed by atoms with E-state index in [2.05, 4.69) is 33.2 Å². The quantitative estimate of drug-likeness (QED) is 0.904. The molecule has 1 N–H and O–H groups in total. The number of hydrogen-bond donors (Lipinski definition) is 1. The fraction of sp³-hybridized carbons (Fsp3) is 0.615. The van der Waals surface area contributed by atoms with E-state index in [9.17, 15) is 4.39 Å². The van der Waals surface area contributed by atoms with Crippen molar-refractivity contribution in [3.05, 3.63) is 22.6 Å². The van der Waals surface area contributed by atoms with Crippen LogP contribution in [0.15, 0.2) is 16.7 Å². The van der Waals surface area contributed by atoms with Gasteiger partial charge in [0.25, 0.3) is 0 Å². The minimum atomic E-state index is -0.288. The number of pyridine rings is 1. The van der Waals surface area contributed by atoms with Crippen molar-refractivity contribution in [1.82, 2.24) is 4.98 Å². The monoisotopic (exact) mass is 300 g/mol. The highest BCUT2D eigenvalue weighted by Crippen LogP contribution is 2.28. The van der Waals surface area contributed by atoms with E-state index in [4.69, 9.17) is 0 Å². The van der Waals surface area contributed by atoms with Crippen LogP contribution in [-0.4, -0.2) is 11.5 Å². The highest BCUT2D eigenvalue weighted by molar-refractivity contribution is 9.10. The molecule has 2 nitrogen and oxygen atoms in total. The minimum absolute atomic E-state index is 0.288. The third kappa shape index (κ3) is 3.66. The first kappa shape index (κ1) is 12.8. The van der Waals surface area contributed by atoms with Crippen molar-refractivity contribution in [2.45, 2.75) is 32.6 Å². The van der Waals surface area contributed by atoms with Crippen molar-refractivity contribution < 1.29 is 4.39 Å². The summed E-state index contributed by atoms with van der Waals surface area (Å²) in [6.07, 6.45) is 6.69. The predicted octanol–water partition coefficient (Wildman–Crippen LogP) is 4.22. The maximum absolute atomic E-state index is 13.5. The van der Waals surface area contributed by atoms with Crippen molar-refractivity contribution in [3.8, 4) is 0 Å². The molecule has 1 saturated carbocycles. The first-order valence-electron chi connectivity index (χ1n) is 6.20. The second kappa shape index (κ2) is 5.80. The zero-order chi connectivity index (χ0) is 12.3. The lowest BCUT2D eigenvalue weighted by atomic mass is 9.83. The average Bonchev–Trinajstić information content (AvgIpc) is 2.30. The lowest BCUT2D eigenvalue weighted by Gasteiger charge is -2.26. The van der Waals surface area contributed by atoms with Gasteiger partial charge in [-0.3, -0.25) is 0 Å². The third-order valence-electron chi connectivity index (χ3n) is 3.50. The third-order valence-corrected chi connectivity index (χ3v) is 3.94. The summed E-state index contributed by atoms with van der Waals surface area (Å²) in [7, 11) is 0. The number of rotatable bonds is 3. The van der Waals surface area contributed by atoms with Gasteiger partial charge in [0, 0.05) is 17.2 Å². The predicted molar refractivity (Wildman–Crippen MR) is 71.5 cm³/mol. The Hall–Kier alpha value is -0.640. The molecular formula is C13H18BrFN2. The van der Waals surface area contributed by atoms with Gasteiger partial charge in [-0.05, 0) is 46.7 Å². The number of aromatic nitrogens is 1. The van der Waals surface area contributed by atoms with Gasteiger partial charge in [-0.2, -0.15) is 0 Å². The molecule has 0 aliphatic heterocycles. The molecule has 94 valence electrons. The zero-order valence-electron chi connectivity index (χ0n) is 10.0. The van der Waals surface area contributed by atoms with Gasteiger partial charge in [-0.25, -0.2) is 9.37 Å². The molecular weight excluding hydrogens is 283 g/mol. The molecule has 1 aliphatic carbocycles. The Morgan fingerprint density at radius 1 is 1.41 bits per heavy atom. The Morgan fingerprint density at radius 3 is 2.76 bits per heavy atom. The number of nitrogens with one attached hydrogen (secondary N) is 1. The van der Waals surface area contributed by atoms with E-state index >= 15 is 0 Å². The molecule has 1 aliphatic rings. The number of nitrogens with zero attached hydrogens (tertiary/aromatic N) is 1. The molecule has 0 amide bonds. The molecule has 1 aromatic heterocycles. The first-order valence-corrected chi connectivity index (χ1v) is 6.99. The van der Waals surface area contributed by atoms with Crippen LogP contribution >= 0.6 is 15.9 Å². The molecule has 2 rings (SSSR count). The molecule has 0 bridgehead atoms. The van der Waals surface area contributed by atoms with E-state index in [1.54, 1.807) is 6.20 Å². The number of hydrogen-bond acceptors (Lipinski definition) is 2. The van der Waals surface area contributed by atoms with Crippen molar-refractivity contribution in [2.24, 2.45) is 11.8 Å². The van der Waals surface area contributed by atoms with Crippen molar-refractivity contribution >= 4 is 21.7 Å². The van der Waals surface area contributed by atoms with Crippen LogP contribution in [-0.2, 0) is 0 Å². The lowest BCUT2D eigenvalue weighted by Crippen LogP contribution is -2.20. The molecule has 1 aromatic rings. The summed E-state index contributed by atoms with van der Waals surface area (Å²) in [5.74, 6) is 1.60. The molecule has 0 spiro atoms. The number of halogens is 2. The Kier molecular flexibility index (Phi) is 4.37. The molecule has 0 atom stereocenters. The van der Waals surface area contributed by atoms with Crippen LogP contribution in [0.1, 0.15) is 32.6 Å².